The van der Waals surface area contributed by atoms with Crippen LogP contribution in [0, 0.1) is 27.8 Å². The number of esters is 4. The first-order valence-corrected chi connectivity index (χ1v) is 33.7. The molecule has 2 aliphatic carbocycles. The van der Waals surface area contributed by atoms with Crippen LogP contribution >= 0.6 is 0 Å². The summed E-state index contributed by atoms with van der Waals surface area (Å²) in [6, 6.07) is 26.5. The van der Waals surface area contributed by atoms with E-state index in [1.54, 1.807) is 125 Å². The number of amides is 2. The number of nitrogens with one attached hydrogen (secondary N) is 2. The van der Waals surface area contributed by atoms with Crippen molar-refractivity contribution in [2.75, 3.05) is 76.7 Å². The summed E-state index contributed by atoms with van der Waals surface area (Å²) >= 11 is -2.51. The summed E-state index contributed by atoms with van der Waals surface area (Å²) in [5, 5.41) is 29.0. The minimum absolute atomic E-state index is 0.0144. The molecule has 0 aromatic heterocycles. The zero-order valence-electron chi connectivity index (χ0n) is 51.9. The Labute approximate surface area is 551 Å². The number of anilines is 2. The molecule has 14 bridgehead atoms. The predicted octanol–water partition coefficient (Wildman–Crippen LogP) is 8.50. The quantitative estimate of drug-likeness (QED) is 0.0520. The van der Waals surface area contributed by atoms with Gasteiger partial charge in [-0.15, -0.1) is 0 Å². The summed E-state index contributed by atoms with van der Waals surface area (Å²) < 4.78 is 76.4. The molecular weight excluding hydrogens is 1430 g/mol. The molecule has 93 heavy (non-hydrogen) atoms. The molecule has 0 saturated heterocycles. The average molecular weight is 1500 g/mol. The standard InChI is InChI=1S/C68H72N4O18.2O.U/c1-5-81-59(75)37-87-65-41-15-11-16-42(65)26-48-30-52-32-50(68(48)90-40-62(78)84-8-4)28-44-18-12-17-43(66(44)88-38-60(76)82-6-2)27-49-31-51(29-47(25-41)67(49)89-39-61(77)83-7-3)71-57(73)35-85-55-23-13-19-45(63(55)79)33-69-53-21-9-10-22-54(53)70-34-46-20-14-24-56(64(46)80)86-36-58(74)72-52;;;/h11-20,23-24,29-34,53-54,79-80H,5-10,21-22,25-28,35-40H2,1-4H3,(H,71,73)(H,72,74);;;/t53-,54+;;;. The Balaban J connectivity index is 0.00000363. The van der Waals surface area contributed by atoms with Gasteiger partial charge in [0.1, 0.15) is 23.0 Å². The molecule has 24 nitrogen and oxygen atoms in total. The third kappa shape index (κ3) is 19.5. The van der Waals surface area contributed by atoms with Crippen molar-refractivity contribution in [2.24, 2.45) is 9.98 Å². The van der Waals surface area contributed by atoms with Crippen LogP contribution in [0.5, 0.6) is 46.0 Å². The Morgan fingerprint density at radius 3 is 1.06 bits per heavy atom. The summed E-state index contributed by atoms with van der Waals surface area (Å²) in [6.45, 7) is 3.72. The molecule has 2 atom stereocenters. The molecular formula is C68H72N4O20U. The molecule has 2 amide bonds. The van der Waals surface area contributed by atoms with E-state index in [4.69, 9.17) is 61.8 Å². The average Bonchev–Trinajstić information content (AvgIpc) is 0.818. The monoisotopic (exact) mass is 1500 g/mol. The molecule has 2 aliphatic heterocycles. The summed E-state index contributed by atoms with van der Waals surface area (Å²) in [5.74, 6) is -3.47. The first-order valence-electron chi connectivity index (χ1n) is 30.3. The summed E-state index contributed by atoms with van der Waals surface area (Å²) in [5.41, 5.74) is 4.85. The van der Waals surface area contributed by atoms with Gasteiger partial charge in [0.2, 0.25) is 0 Å². The molecule has 0 radical (unpaired) electrons. The number of phenols is 2. The Hall–Kier alpha value is -9.47. The third-order valence-corrected chi connectivity index (χ3v) is 14.8. The number of ether oxygens (including phenoxy) is 10. The number of fused-ring (bicyclic) bond motifs is 6. The minimum atomic E-state index is -2.51. The van der Waals surface area contributed by atoms with E-state index in [9.17, 15) is 39.0 Å². The molecule has 0 spiro atoms. The second-order valence-electron chi connectivity index (χ2n) is 21.3. The molecule has 1 fully saturated rings. The SMILES string of the molecule is CCOC(=O)COc1c2cccc1Cc1cc3cc(c1OCC(=O)OCC)Cc1cccc(c1OCC(=O)OCC)Cc1cc(cc(c1OCC(=O)OCC)C2)NC(=O)COc1cccc(c1O)C=N[C@H]1CCCC[C@H]1N=Cc1cccc(c1O)OCC(=O)N3.[O]=[U]=[O]. The van der Waals surface area contributed by atoms with Gasteiger partial charge in [0.15, 0.2) is 62.6 Å². The number of aromatic hydroxyl groups is 2. The van der Waals surface area contributed by atoms with Gasteiger partial charge in [-0.3, -0.25) is 19.6 Å². The molecule has 10 rings (SSSR count). The van der Waals surface area contributed by atoms with Crippen molar-refractivity contribution in [1.29, 1.82) is 0 Å². The summed E-state index contributed by atoms with van der Waals surface area (Å²) in [6.07, 6.45) is 6.18. The molecule has 0 unspecified atom stereocenters. The first kappa shape index (κ1) is 69.4. The molecule has 2 heterocycles. The maximum atomic E-state index is 14.2. The van der Waals surface area contributed by atoms with E-state index in [1.165, 1.54) is 12.1 Å². The zero-order chi connectivity index (χ0) is 66.2. The van der Waals surface area contributed by atoms with Gasteiger partial charge < -0.3 is 68.2 Å². The molecule has 6 aromatic rings. The molecule has 25 heteroatoms. The van der Waals surface area contributed by atoms with Gasteiger partial charge in [-0.25, -0.2) is 19.2 Å². The van der Waals surface area contributed by atoms with Gasteiger partial charge in [0.25, 0.3) is 11.8 Å². The number of carbonyl (C=O) groups is 6. The van der Waals surface area contributed by atoms with E-state index in [0.717, 1.165) is 12.8 Å². The van der Waals surface area contributed by atoms with Crippen LogP contribution < -0.4 is 39.1 Å². The summed E-state index contributed by atoms with van der Waals surface area (Å²) in [4.78, 5) is 91.0. The molecule has 4 aliphatic rings. The topological polar surface area (TPSA) is 318 Å². The van der Waals surface area contributed by atoms with Crippen molar-refractivity contribution >= 4 is 59.5 Å². The Kier molecular flexibility index (Phi) is 26.0. The van der Waals surface area contributed by atoms with E-state index < -0.39 is 103 Å². The number of aliphatic imine (C=N–C) groups is 2. The van der Waals surface area contributed by atoms with Gasteiger partial charge in [-0.1, -0.05) is 61.4 Å². The van der Waals surface area contributed by atoms with E-state index in [-0.39, 0.29) is 122 Å². The number of phenolic OH excluding ortho intramolecular Hbond substituents is 2. The molecule has 488 valence electrons. The van der Waals surface area contributed by atoms with Gasteiger partial charge in [-0.05, 0) is 111 Å². The van der Waals surface area contributed by atoms with Crippen LogP contribution in [0.15, 0.2) is 107 Å². The second kappa shape index (κ2) is 34.8. The summed E-state index contributed by atoms with van der Waals surface area (Å²) in [7, 11) is 0. The van der Waals surface area contributed by atoms with Crippen LogP contribution in [0.2, 0.25) is 0 Å². The number of hydrogen-bond acceptors (Lipinski definition) is 22. The van der Waals surface area contributed by atoms with E-state index in [0.29, 0.717) is 68.5 Å². The van der Waals surface area contributed by atoms with Gasteiger partial charge >= 0.3 is 56.2 Å². The number of benzene rings is 6. The molecule has 1 saturated carbocycles. The maximum absolute atomic E-state index is 14.2. The molecule has 6 aromatic carbocycles. The van der Waals surface area contributed by atoms with Crippen LogP contribution in [0.25, 0.3) is 0 Å². The number of para-hydroxylation sites is 4. The van der Waals surface area contributed by atoms with Gasteiger partial charge in [0, 0.05) is 82.9 Å². The Morgan fingerprint density at radius 1 is 0.473 bits per heavy atom. The third-order valence-electron chi connectivity index (χ3n) is 14.8. The fraction of sp³-hybridized carbons (Fsp3) is 0.353. The van der Waals surface area contributed by atoms with Crippen molar-refractivity contribution in [3.05, 3.63) is 153 Å². The number of hydrogen-bond donors (Lipinski definition) is 4. The van der Waals surface area contributed by atoms with Crippen molar-refractivity contribution in [3.8, 4) is 46.0 Å². The fourth-order valence-electron chi connectivity index (χ4n) is 10.9. The Morgan fingerprint density at radius 2 is 0.763 bits per heavy atom. The molecule has 4 N–H and O–H groups in total. The normalized spacial score (nSPS) is 15.2. The number of rotatable bonds is 16. The van der Waals surface area contributed by atoms with Gasteiger partial charge in [-0.2, -0.15) is 0 Å². The second-order valence-corrected chi connectivity index (χ2v) is 22.0. The fourth-order valence-corrected chi connectivity index (χ4v) is 10.9. The number of carbonyl (C=O) groups excluding carboxylic acids is 6. The van der Waals surface area contributed by atoms with Crippen molar-refractivity contribution in [1.82, 2.24) is 0 Å². The number of nitrogens with zero attached hydrogens (tertiary/aromatic N) is 2. The van der Waals surface area contributed by atoms with E-state index in [1.807, 2.05) is 0 Å². The first-order chi connectivity index (χ1) is 45.1. The van der Waals surface area contributed by atoms with Gasteiger partial charge in [0.05, 0.1) is 38.5 Å². The van der Waals surface area contributed by atoms with Crippen LogP contribution in [0.1, 0.15) is 109 Å². The van der Waals surface area contributed by atoms with Crippen LogP contribution in [-0.2, 0) is 77.9 Å². The zero-order valence-corrected chi connectivity index (χ0v) is 56.1. The van der Waals surface area contributed by atoms with E-state index in [2.05, 4.69) is 10.6 Å². The van der Waals surface area contributed by atoms with Crippen molar-refractivity contribution < 1.29 is 119 Å². The van der Waals surface area contributed by atoms with Crippen LogP contribution in [-0.4, -0.2) is 136 Å². The Bertz CT molecular complexity index is 3460. The van der Waals surface area contributed by atoms with E-state index >= 15 is 0 Å². The van der Waals surface area contributed by atoms with Crippen LogP contribution in [0.3, 0.4) is 0 Å². The van der Waals surface area contributed by atoms with Crippen molar-refractivity contribution in [2.45, 2.75) is 91.1 Å². The predicted molar refractivity (Wildman–Crippen MR) is 333 cm³/mol. The van der Waals surface area contributed by atoms with Crippen molar-refractivity contribution in [3.63, 3.8) is 0 Å². The van der Waals surface area contributed by atoms with Crippen LogP contribution in [0.4, 0.5) is 11.4 Å².